The first-order valence-electron chi connectivity index (χ1n) is 4.29. The Kier molecular flexibility index (Phi) is 4.58. The van der Waals surface area contributed by atoms with E-state index in [9.17, 15) is 9.18 Å². The normalized spacial score (nSPS) is 10.1. The van der Waals surface area contributed by atoms with Gasteiger partial charge in [-0.05, 0) is 18.2 Å². The predicted octanol–water partition coefficient (Wildman–Crippen LogP) is 1.92. The number of rotatable bonds is 4. The van der Waals surface area contributed by atoms with Crippen LogP contribution in [0.3, 0.4) is 0 Å². The van der Waals surface area contributed by atoms with E-state index in [0.29, 0.717) is 4.90 Å². The lowest BCUT2D eigenvalue weighted by Crippen LogP contribution is -2.11. The summed E-state index contributed by atoms with van der Waals surface area (Å²) >= 11 is 4.01. The van der Waals surface area contributed by atoms with Gasteiger partial charge in [0.05, 0.1) is 12.2 Å². The van der Waals surface area contributed by atoms with Crippen LogP contribution in [-0.4, -0.2) is 26.3 Å². The van der Waals surface area contributed by atoms with Gasteiger partial charge in [-0.25, -0.2) is 9.18 Å². The molecule has 0 aliphatic heterocycles. The minimum absolute atomic E-state index is 0.103. The van der Waals surface area contributed by atoms with E-state index in [1.165, 1.54) is 25.3 Å². The van der Waals surface area contributed by atoms with Gasteiger partial charge in [0.1, 0.15) is 12.4 Å². The first-order valence-corrected chi connectivity index (χ1v) is 4.74. The summed E-state index contributed by atoms with van der Waals surface area (Å²) in [7, 11) is 1.49. The fraction of sp³-hybridized carbons (Fsp3) is 0.300. The van der Waals surface area contributed by atoms with Gasteiger partial charge in [0.15, 0.2) is 0 Å². The Labute approximate surface area is 92.6 Å². The van der Waals surface area contributed by atoms with Crippen LogP contribution in [0.15, 0.2) is 23.1 Å². The number of hydrogen-bond acceptors (Lipinski definition) is 4. The lowest BCUT2D eigenvalue weighted by molar-refractivity contribution is 0.0383. The molecule has 1 aromatic carbocycles. The molecule has 0 spiro atoms. The zero-order chi connectivity index (χ0) is 11.3. The lowest BCUT2D eigenvalue weighted by atomic mass is 10.2. The summed E-state index contributed by atoms with van der Waals surface area (Å²) in [6.45, 7) is 0.388. The third-order valence-electron chi connectivity index (χ3n) is 1.69. The van der Waals surface area contributed by atoms with Gasteiger partial charge in [0.2, 0.25) is 0 Å². The summed E-state index contributed by atoms with van der Waals surface area (Å²) in [5.41, 5.74) is -0.112. The van der Waals surface area contributed by atoms with E-state index in [-0.39, 0.29) is 18.8 Å². The zero-order valence-electron chi connectivity index (χ0n) is 8.20. The van der Waals surface area contributed by atoms with Gasteiger partial charge in [-0.2, -0.15) is 0 Å². The maximum absolute atomic E-state index is 13.2. The summed E-state index contributed by atoms with van der Waals surface area (Å²) in [5, 5.41) is 0. The van der Waals surface area contributed by atoms with Crippen molar-refractivity contribution in [2.45, 2.75) is 4.90 Å². The largest absolute Gasteiger partial charge is 0.460 e. The van der Waals surface area contributed by atoms with Crippen LogP contribution >= 0.6 is 12.6 Å². The van der Waals surface area contributed by atoms with E-state index >= 15 is 0 Å². The van der Waals surface area contributed by atoms with E-state index < -0.39 is 11.8 Å². The number of carbonyl (C=O) groups is 1. The van der Waals surface area contributed by atoms with E-state index in [1.807, 2.05) is 0 Å². The molecule has 0 aliphatic carbocycles. The molecule has 5 heteroatoms. The van der Waals surface area contributed by atoms with Gasteiger partial charge in [-0.15, -0.1) is 12.6 Å². The molecule has 0 aromatic heterocycles. The molecule has 0 radical (unpaired) electrons. The number of hydrogen-bond donors (Lipinski definition) is 1. The summed E-state index contributed by atoms with van der Waals surface area (Å²) in [5.74, 6) is -1.32. The van der Waals surface area contributed by atoms with Gasteiger partial charge < -0.3 is 9.47 Å². The third kappa shape index (κ3) is 3.53. The molecule has 15 heavy (non-hydrogen) atoms. The van der Waals surface area contributed by atoms with Crippen LogP contribution in [0.25, 0.3) is 0 Å². The summed E-state index contributed by atoms with van der Waals surface area (Å²) in [4.78, 5) is 11.9. The lowest BCUT2D eigenvalue weighted by Gasteiger charge is -2.05. The monoisotopic (exact) mass is 230 g/mol. The maximum atomic E-state index is 13.2. The zero-order valence-corrected chi connectivity index (χ0v) is 9.09. The van der Waals surface area contributed by atoms with Crippen LogP contribution in [0.5, 0.6) is 0 Å². The number of benzene rings is 1. The second-order valence-electron chi connectivity index (χ2n) is 2.79. The first-order chi connectivity index (χ1) is 7.15. The number of halogens is 1. The fourth-order valence-electron chi connectivity index (χ4n) is 0.965. The van der Waals surface area contributed by atoms with Crippen molar-refractivity contribution in [1.29, 1.82) is 0 Å². The van der Waals surface area contributed by atoms with Gasteiger partial charge in [0.25, 0.3) is 0 Å². The number of ether oxygens (including phenoxy) is 2. The fourth-order valence-corrected chi connectivity index (χ4v) is 1.17. The molecule has 1 aromatic rings. The quantitative estimate of drug-likeness (QED) is 0.487. The van der Waals surface area contributed by atoms with Crippen molar-refractivity contribution in [2.75, 3.05) is 20.3 Å². The number of esters is 1. The Balaban J connectivity index is 2.68. The van der Waals surface area contributed by atoms with E-state index in [4.69, 9.17) is 9.47 Å². The Morgan fingerprint density at radius 3 is 2.87 bits per heavy atom. The first kappa shape index (κ1) is 12.0. The SMILES string of the molecule is COCCOC(=O)c1cc(S)ccc1F. The Hall–Kier alpha value is -1.07. The maximum Gasteiger partial charge on any atom is 0.341 e. The number of thiol groups is 1. The van der Waals surface area contributed by atoms with Crippen molar-refractivity contribution in [3.8, 4) is 0 Å². The minimum atomic E-state index is -0.708. The molecule has 0 amide bonds. The second-order valence-corrected chi connectivity index (χ2v) is 3.31. The average Bonchev–Trinajstić information content (AvgIpc) is 2.22. The van der Waals surface area contributed by atoms with Crippen LogP contribution < -0.4 is 0 Å². The molecule has 0 fully saturated rings. The second kappa shape index (κ2) is 5.72. The highest BCUT2D eigenvalue weighted by Gasteiger charge is 2.12. The highest BCUT2D eigenvalue weighted by Crippen LogP contribution is 2.14. The van der Waals surface area contributed by atoms with Crippen molar-refractivity contribution < 1.29 is 18.7 Å². The minimum Gasteiger partial charge on any atom is -0.460 e. The van der Waals surface area contributed by atoms with E-state index in [0.717, 1.165) is 0 Å². The highest BCUT2D eigenvalue weighted by atomic mass is 32.1. The van der Waals surface area contributed by atoms with Crippen LogP contribution in [0.1, 0.15) is 10.4 Å². The van der Waals surface area contributed by atoms with Gasteiger partial charge in [0, 0.05) is 12.0 Å². The van der Waals surface area contributed by atoms with Gasteiger partial charge in [-0.3, -0.25) is 0 Å². The molecule has 0 atom stereocenters. The van der Waals surface area contributed by atoms with Crippen molar-refractivity contribution in [2.24, 2.45) is 0 Å². The molecule has 0 saturated carbocycles. The summed E-state index contributed by atoms with van der Waals surface area (Å²) < 4.78 is 22.6. The molecule has 82 valence electrons. The molecule has 0 heterocycles. The van der Waals surface area contributed by atoms with Gasteiger partial charge >= 0.3 is 5.97 Å². The molecule has 1 rings (SSSR count). The van der Waals surface area contributed by atoms with Crippen molar-refractivity contribution in [1.82, 2.24) is 0 Å². The summed E-state index contributed by atoms with van der Waals surface area (Å²) in [6.07, 6.45) is 0. The Morgan fingerprint density at radius 1 is 1.47 bits per heavy atom. The molecule has 0 bridgehead atoms. The average molecular weight is 230 g/mol. The number of carbonyl (C=O) groups excluding carboxylic acids is 1. The topological polar surface area (TPSA) is 35.5 Å². The number of methoxy groups -OCH3 is 1. The van der Waals surface area contributed by atoms with E-state index in [1.54, 1.807) is 0 Å². The smallest absolute Gasteiger partial charge is 0.341 e. The van der Waals surface area contributed by atoms with Gasteiger partial charge in [-0.1, -0.05) is 0 Å². The summed E-state index contributed by atoms with van der Waals surface area (Å²) in [6, 6.07) is 3.97. The third-order valence-corrected chi connectivity index (χ3v) is 1.97. The van der Waals surface area contributed by atoms with Crippen LogP contribution in [0.2, 0.25) is 0 Å². The van der Waals surface area contributed by atoms with Crippen LogP contribution in [-0.2, 0) is 9.47 Å². The standard InChI is InChI=1S/C10H11FO3S/c1-13-4-5-14-10(12)8-6-7(15)2-3-9(8)11/h2-3,6,15H,4-5H2,1H3. The molecular weight excluding hydrogens is 219 g/mol. The Bertz CT molecular complexity index is 355. The van der Waals surface area contributed by atoms with Crippen molar-refractivity contribution >= 4 is 18.6 Å². The Morgan fingerprint density at radius 2 is 2.20 bits per heavy atom. The van der Waals surface area contributed by atoms with Crippen LogP contribution in [0.4, 0.5) is 4.39 Å². The van der Waals surface area contributed by atoms with Crippen LogP contribution in [0, 0.1) is 5.82 Å². The molecule has 0 unspecified atom stereocenters. The molecule has 3 nitrogen and oxygen atoms in total. The molecule has 0 N–H and O–H groups in total. The molecular formula is C10H11FO3S. The molecule has 0 aliphatic rings. The van der Waals surface area contributed by atoms with E-state index in [2.05, 4.69) is 12.6 Å². The highest BCUT2D eigenvalue weighted by molar-refractivity contribution is 7.80. The molecule has 0 saturated heterocycles. The predicted molar refractivity (Wildman–Crippen MR) is 55.8 cm³/mol. The van der Waals surface area contributed by atoms with Crippen molar-refractivity contribution in [3.05, 3.63) is 29.6 Å². The van der Waals surface area contributed by atoms with Crippen molar-refractivity contribution in [3.63, 3.8) is 0 Å².